The summed E-state index contributed by atoms with van der Waals surface area (Å²) in [7, 11) is 0. The smallest absolute Gasteiger partial charge is 0.306 e. The Morgan fingerprint density at radius 2 is 0.971 bits per heavy atom. The summed E-state index contributed by atoms with van der Waals surface area (Å²) < 4.78 is 17.5. The van der Waals surface area contributed by atoms with Gasteiger partial charge in [-0.3, -0.25) is 9.59 Å². The quantitative estimate of drug-likeness (QED) is 0.0196. The molecule has 11 nitrogen and oxygen atoms in total. The molecule has 0 spiro atoms. The van der Waals surface area contributed by atoms with Gasteiger partial charge in [-0.2, -0.15) is 0 Å². The highest BCUT2D eigenvalue weighted by atomic mass is 16.7. The van der Waals surface area contributed by atoms with Crippen molar-refractivity contribution in [1.29, 1.82) is 0 Å². The van der Waals surface area contributed by atoms with Crippen molar-refractivity contribution in [3.05, 3.63) is 24.3 Å². The number of hydrogen-bond acceptors (Lipinski definition) is 10. The van der Waals surface area contributed by atoms with Crippen molar-refractivity contribution < 1.29 is 49.3 Å². The van der Waals surface area contributed by atoms with Gasteiger partial charge in [0.05, 0.1) is 25.4 Å². The van der Waals surface area contributed by atoms with Gasteiger partial charge in [0.1, 0.15) is 24.4 Å². The molecule has 1 amide bonds. The summed E-state index contributed by atoms with van der Waals surface area (Å²) in [5.74, 6) is -1.20. The van der Waals surface area contributed by atoms with Gasteiger partial charge < -0.3 is 45.1 Å². The summed E-state index contributed by atoms with van der Waals surface area (Å²) in [4.78, 5) is 26.4. The maximum absolute atomic E-state index is 13.3. The van der Waals surface area contributed by atoms with Gasteiger partial charge in [0.2, 0.25) is 5.91 Å². The molecule has 1 aliphatic heterocycles. The van der Waals surface area contributed by atoms with Crippen LogP contribution in [0.1, 0.15) is 265 Å². The standard InChI is InChI=1S/C57H107NO10/c1-4-7-10-13-16-19-22-25-27-30-33-36-39-42-45-52(62)68-55-54(64)53(63)51(46-59)67-57(55)66-47-48(49(60)43-40-37-34-31-28-24-21-18-15-12-9-6-3)58-56(65)50(61)44-41-38-35-32-29-26-23-20-17-14-11-8-5-2/h27,30,40,43,48-51,53-55,57,59-61,63-64H,4-26,28-29,31-39,41-42,44-47H2,1-3H3,(H,58,65)/b30-27-,43-40+. The zero-order valence-corrected chi connectivity index (χ0v) is 44.0. The Hall–Kier alpha value is -1.86. The number of amides is 1. The van der Waals surface area contributed by atoms with Crippen molar-refractivity contribution >= 4 is 11.9 Å². The van der Waals surface area contributed by atoms with Crippen LogP contribution in [-0.2, 0) is 23.8 Å². The Labute approximate surface area is 416 Å². The topological polar surface area (TPSA) is 175 Å². The normalized spacial score (nSPS) is 20.0. The van der Waals surface area contributed by atoms with E-state index in [4.69, 9.17) is 14.2 Å². The minimum atomic E-state index is -1.61. The largest absolute Gasteiger partial charge is 0.454 e. The molecule has 1 saturated heterocycles. The summed E-state index contributed by atoms with van der Waals surface area (Å²) in [6.07, 6.45) is 40.8. The Bertz CT molecular complexity index is 1200. The van der Waals surface area contributed by atoms with E-state index in [1.807, 2.05) is 6.08 Å². The molecule has 0 aromatic rings. The molecule has 0 aromatic heterocycles. The number of carbonyl (C=O) groups is 2. The predicted octanol–water partition coefficient (Wildman–Crippen LogP) is 12.6. The van der Waals surface area contributed by atoms with Crippen LogP contribution in [0.4, 0.5) is 0 Å². The second-order valence-corrected chi connectivity index (χ2v) is 20.0. The van der Waals surface area contributed by atoms with Gasteiger partial charge in [-0.1, -0.05) is 231 Å². The van der Waals surface area contributed by atoms with E-state index in [9.17, 15) is 35.1 Å². The first-order chi connectivity index (χ1) is 33.2. The fourth-order valence-corrected chi connectivity index (χ4v) is 9.00. The molecule has 0 aliphatic carbocycles. The lowest BCUT2D eigenvalue weighted by atomic mass is 9.99. The molecule has 0 bridgehead atoms. The lowest BCUT2D eigenvalue weighted by Crippen LogP contribution is -2.61. The van der Waals surface area contributed by atoms with Crippen LogP contribution in [0.2, 0.25) is 0 Å². The van der Waals surface area contributed by atoms with Gasteiger partial charge in [0, 0.05) is 6.42 Å². The maximum atomic E-state index is 13.3. The minimum absolute atomic E-state index is 0.107. The van der Waals surface area contributed by atoms with Crippen LogP contribution >= 0.6 is 0 Å². The lowest BCUT2D eigenvalue weighted by Gasteiger charge is -2.41. The van der Waals surface area contributed by atoms with Crippen molar-refractivity contribution in [3.63, 3.8) is 0 Å². The third-order valence-electron chi connectivity index (χ3n) is 13.6. The molecular formula is C57H107NO10. The Morgan fingerprint density at radius 3 is 1.43 bits per heavy atom. The number of rotatable bonds is 48. The third kappa shape index (κ3) is 34.5. The fourth-order valence-electron chi connectivity index (χ4n) is 9.00. The van der Waals surface area contributed by atoms with E-state index >= 15 is 0 Å². The van der Waals surface area contributed by atoms with Crippen molar-refractivity contribution in [2.45, 2.75) is 314 Å². The molecule has 0 radical (unpaired) electrons. The molecule has 1 fully saturated rings. The van der Waals surface area contributed by atoms with Crippen LogP contribution in [0.25, 0.3) is 0 Å². The van der Waals surface area contributed by atoms with Gasteiger partial charge in [0.25, 0.3) is 0 Å². The number of allylic oxidation sites excluding steroid dienone is 3. The highest BCUT2D eigenvalue weighted by Gasteiger charge is 2.47. The first-order valence-electron chi connectivity index (χ1n) is 28.6. The van der Waals surface area contributed by atoms with Gasteiger partial charge >= 0.3 is 5.97 Å². The van der Waals surface area contributed by atoms with E-state index in [2.05, 4.69) is 38.2 Å². The van der Waals surface area contributed by atoms with Crippen LogP contribution in [0.15, 0.2) is 24.3 Å². The number of hydrogen-bond donors (Lipinski definition) is 6. The zero-order chi connectivity index (χ0) is 49.7. The molecule has 400 valence electrons. The van der Waals surface area contributed by atoms with Gasteiger partial charge in [-0.25, -0.2) is 0 Å². The number of aliphatic hydroxyl groups excluding tert-OH is 5. The fraction of sp³-hybridized carbons (Fsp3) is 0.895. The number of unbranched alkanes of at least 4 members (excludes halogenated alkanes) is 32. The summed E-state index contributed by atoms with van der Waals surface area (Å²) >= 11 is 0. The van der Waals surface area contributed by atoms with E-state index in [-0.39, 0.29) is 13.0 Å². The van der Waals surface area contributed by atoms with E-state index in [0.29, 0.717) is 19.3 Å². The molecular weight excluding hydrogens is 859 g/mol. The minimum Gasteiger partial charge on any atom is -0.454 e. The van der Waals surface area contributed by atoms with Crippen molar-refractivity contribution in [1.82, 2.24) is 5.32 Å². The highest BCUT2D eigenvalue weighted by Crippen LogP contribution is 2.26. The van der Waals surface area contributed by atoms with Crippen molar-refractivity contribution in [3.8, 4) is 0 Å². The second-order valence-electron chi connectivity index (χ2n) is 20.0. The van der Waals surface area contributed by atoms with E-state index in [1.54, 1.807) is 6.08 Å². The Kier molecular flexibility index (Phi) is 43.6. The summed E-state index contributed by atoms with van der Waals surface area (Å²) in [6, 6.07) is -1.02. The molecule has 8 atom stereocenters. The number of aliphatic hydroxyl groups is 5. The first-order valence-corrected chi connectivity index (χ1v) is 28.6. The SMILES string of the molecule is CCCCCCCCC/C=C\CCCCCC(=O)OC1C(OCC(NC(=O)C(O)CCCCCCCCCCCCCCC)C(O)/C=C/CCCCCCCCCCCC)OC(CO)C(O)C1O. The lowest BCUT2D eigenvalue weighted by molar-refractivity contribution is -0.305. The molecule has 1 rings (SSSR count). The number of nitrogens with one attached hydrogen (secondary N) is 1. The molecule has 8 unspecified atom stereocenters. The molecule has 1 heterocycles. The van der Waals surface area contributed by atoms with E-state index in [1.165, 1.54) is 154 Å². The molecule has 11 heteroatoms. The highest BCUT2D eigenvalue weighted by molar-refractivity contribution is 5.80. The van der Waals surface area contributed by atoms with Gasteiger partial charge in [-0.05, 0) is 51.4 Å². The Balaban J connectivity index is 2.75. The van der Waals surface area contributed by atoms with Gasteiger partial charge in [0.15, 0.2) is 12.4 Å². The average molecular weight is 966 g/mol. The Morgan fingerprint density at radius 1 is 0.559 bits per heavy atom. The molecule has 68 heavy (non-hydrogen) atoms. The van der Waals surface area contributed by atoms with Crippen LogP contribution in [0.5, 0.6) is 0 Å². The monoisotopic (exact) mass is 966 g/mol. The molecule has 6 N–H and O–H groups in total. The maximum Gasteiger partial charge on any atom is 0.306 e. The molecule has 0 aromatic carbocycles. The van der Waals surface area contributed by atoms with E-state index < -0.39 is 67.4 Å². The summed E-state index contributed by atoms with van der Waals surface area (Å²) in [6.45, 7) is 5.77. The van der Waals surface area contributed by atoms with Crippen molar-refractivity contribution in [2.75, 3.05) is 13.2 Å². The van der Waals surface area contributed by atoms with Gasteiger partial charge in [-0.15, -0.1) is 0 Å². The van der Waals surface area contributed by atoms with Crippen LogP contribution in [-0.4, -0.2) is 99.6 Å². The summed E-state index contributed by atoms with van der Waals surface area (Å²) in [5.41, 5.74) is 0. The van der Waals surface area contributed by atoms with Crippen LogP contribution in [0, 0.1) is 0 Å². The van der Waals surface area contributed by atoms with E-state index in [0.717, 1.165) is 64.2 Å². The first kappa shape index (κ1) is 64.2. The third-order valence-corrected chi connectivity index (χ3v) is 13.6. The average Bonchev–Trinajstić information content (AvgIpc) is 3.33. The van der Waals surface area contributed by atoms with Crippen LogP contribution in [0.3, 0.4) is 0 Å². The number of esters is 1. The van der Waals surface area contributed by atoms with Crippen LogP contribution < -0.4 is 5.32 Å². The molecule has 0 saturated carbocycles. The van der Waals surface area contributed by atoms with Crippen molar-refractivity contribution in [2.24, 2.45) is 0 Å². The molecule has 1 aliphatic rings. The number of ether oxygens (including phenoxy) is 3. The summed E-state index contributed by atoms with van der Waals surface area (Å²) in [5, 5.41) is 56.7. The predicted molar refractivity (Wildman–Crippen MR) is 278 cm³/mol. The number of carbonyl (C=O) groups excluding carboxylic acids is 2. The second kappa shape index (κ2) is 46.2. The zero-order valence-electron chi connectivity index (χ0n) is 44.0.